The lowest BCUT2D eigenvalue weighted by atomic mass is 10.1. The average Bonchev–Trinajstić information content (AvgIpc) is 2.96. The van der Waals surface area contributed by atoms with Crippen molar-refractivity contribution in [1.82, 2.24) is 19.7 Å². The van der Waals surface area contributed by atoms with Crippen LogP contribution >= 0.6 is 12.4 Å². The normalized spacial score (nSPS) is 12.5. The van der Waals surface area contributed by atoms with E-state index in [4.69, 9.17) is 10.1 Å². The van der Waals surface area contributed by atoms with Crippen LogP contribution in [0.5, 0.6) is 0 Å². The standard InChI is InChI=1S/C18H19N5.ClH/c1-21(2)12-17-19-18-13-22(14-8-4-3-5-9-14)15-10-6-7-11-16(15)23(18)20-17;/h3-11H,12-13H2,1-2H3;1H. The van der Waals surface area contributed by atoms with Crippen molar-refractivity contribution in [3.63, 3.8) is 0 Å². The van der Waals surface area contributed by atoms with Crippen molar-refractivity contribution in [1.29, 1.82) is 0 Å². The molecular formula is C18H20ClN5. The van der Waals surface area contributed by atoms with Crippen molar-refractivity contribution >= 4 is 23.8 Å². The smallest absolute Gasteiger partial charge is 0.165 e. The molecule has 1 aliphatic rings. The molecule has 0 bridgehead atoms. The zero-order valence-corrected chi connectivity index (χ0v) is 14.6. The average molecular weight is 342 g/mol. The maximum absolute atomic E-state index is 4.73. The van der Waals surface area contributed by atoms with Gasteiger partial charge in [0.2, 0.25) is 0 Å². The number of benzene rings is 2. The van der Waals surface area contributed by atoms with Crippen LogP contribution in [0, 0.1) is 0 Å². The van der Waals surface area contributed by atoms with Crippen molar-refractivity contribution in [2.45, 2.75) is 13.1 Å². The minimum Gasteiger partial charge on any atom is -0.332 e. The van der Waals surface area contributed by atoms with E-state index in [1.165, 1.54) is 5.69 Å². The van der Waals surface area contributed by atoms with Gasteiger partial charge in [0.05, 0.1) is 24.5 Å². The highest BCUT2D eigenvalue weighted by Gasteiger charge is 2.25. The molecule has 0 fully saturated rings. The molecule has 0 amide bonds. The van der Waals surface area contributed by atoms with Crippen LogP contribution in [0.25, 0.3) is 5.69 Å². The number of para-hydroxylation sites is 3. The Hall–Kier alpha value is -2.37. The van der Waals surface area contributed by atoms with Crippen molar-refractivity contribution in [3.8, 4) is 5.69 Å². The SMILES string of the molecule is CN(C)Cc1nc2n(n1)-c1ccccc1N(c1ccccc1)C2.Cl. The van der Waals surface area contributed by atoms with Crippen LogP contribution < -0.4 is 4.90 Å². The van der Waals surface area contributed by atoms with E-state index in [-0.39, 0.29) is 12.4 Å². The molecule has 0 spiro atoms. The molecule has 2 heterocycles. The van der Waals surface area contributed by atoms with Gasteiger partial charge in [-0.15, -0.1) is 17.5 Å². The summed E-state index contributed by atoms with van der Waals surface area (Å²) in [6.07, 6.45) is 0. The van der Waals surface area contributed by atoms with E-state index in [1.807, 2.05) is 30.9 Å². The van der Waals surface area contributed by atoms with Crippen LogP contribution in [0.15, 0.2) is 54.6 Å². The summed E-state index contributed by atoms with van der Waals surface area (Å²) in [5, 5.41) is 4.70. The second-order valence-corrected chi connectivity index (χ2v) is 6.00. The molecule has 5 nitrogen and oxygen atoms in total. The van der Waals surface area contributed by atoms with Crippen molar-refractivity contribution in [3.05, 3.63) is 66.2 Å². The Morgan fingerprint density at radius 2 is 1.62 bits per heavy atom. The lowest BCUT2D eigenvalue weighted by Gasteiger charge is -2.30. The summed E-state index contributed by atoms with van der Waals surface area (Å²) in [6.45, 7) is 1.47. The summed E-state index contributed by atoms with van der Waals surface area (Å²) < 4.78 is 1.98. The van der Waals surface area contributed by atoms with E-state index in [0.29, 0.717) is 0 Å². The fourth-order valence-electron chi connectivity index (χ4n) is 2.97. The molecule has 0 unspecified atom stereocenters. The Labute approximate surface area is 147 Å². The van der Waals surface area contributed by atoms with Crippen LogP contribution in [0.2, 0.25) is 0 Å². The summed E-state index contributed by atoms with van der Waals surface area (Å²) in [6, 6.07) is 18.8. The molecule has 6 heteroatoms. The minimum atomic E-state index is 0. The number of aromatic nitrogens is 3. The highest BCUT2D eigenvalue weighted by molar-refractivity contribution is 5.85. The first kappa shape index (κ1) is 16.5. The van der Waals surface area contributed by atoms with Crippen LogP contribution in [-0.2, 0) is 13.1 Å². The number of nitrogens with zero attached hydrogens (tertiary/aromatic N) is 5. The Bertz CT molecular complexity index is 828. The number of halogens is 1. The summed E-state index contributed by atoms with van der Waals surface area (Å²) in [5.74, 6) is 1.83. The molecular weight excluding hydrogens is 322 g/mol. The van der Waals surface area contributed by atoms with Crippen LogP contribution in [0.3, 0.4) is 0 Å². The van der Waals surface area contributed by atoms with Crippen molar-refractivity contribution in [2.24, 2.45) is 0 Å². The van der Waals surface area contributed by atoms with Gasteiger partial charge in [0.25, 0.3) is 0 Å². The van der Waals surface area contributed by atoms with Gasteiger partial charge in [-0.05, 0) is 38.4 Å². The third kappa shape index (κ3) is 2.88. The van der Waals surface area contributed by atoms with Crippen LogP contribution in [0.1, 0.15) is 11.6 Å². The molecule has 0 saturated carbocycles. The second-order valence-electron chi connectivity index (χ2n) is 6.00. The summed E-state index contributed by atoms with van der Waals surface area (Å²) >= 11 is 0. The predicted octanol–water partition coefficient (Wildman–Crippen LogP) is 3.40. The van der Waals surface area contributed by atoms with E-state index in [9.17, 15) is 0 Å². The highest BCUT2D eigenvalue weighted by atomic mass is 35.5. The first-order valence-corrected chi connectivity index (χ1v) is 7.74. The number of hydrogen-bond donors (Lipinski definition) is 0. The van der Waals surface area contributed by atoms with Gasteiger partial charge in [-0.2, -0.15) is 0 Å². The number of fused-ring (bicyclic) bond motifs is 3. The topological polar surface area (TPSA) is 37.2 Å². The van der Waals surface area contributed by atoms with Gasteiger partial charge in [0.15, 0.2) is 11.6 Å². The van der Waals surface area contributed by atoms with E-state index >= 15 is 0 Å². The molecule has 1 aromatic heterocycles. The highest BCUT2D eigenvalue weighted by Crippen LogP contribution is 2.36. The quantitative estimate of drug-likeness (QED) is 0.731. The molecule has 4 rings (SSSR count). The molecule has 0 atom stereocenters. The van der Waals surface area contributed by atoms with Crippen LogP contribution in [-0.4, -0.2) is 33.8 Å². The van der Waals surface area contributed by atoms with E-state index in [1.54, 1.807) is 0 Å². The second kappa shape index (κ2) is 6.63. The largest absolute Gasteiger partial charge is 0.332 e. The maximum Gasteiger partial charge on any atom is 0.165 e. The molecule has 1 aliphatic heterocycles. The number of rotatable bonds is 3. The first-order chi connectivity index (χ1) is 11.2. The first-order valence-electron chi connectivity index (χ1n) is 7.74. The Balaban J connectivity index is 0.00000169. The lowest BCUT2D eigenvalue weighted by Crippen LogP contribution is -2.25. The molecule has 0 aliphatic carbocycles. The maximum atomic E-state index is 4.73. The molecule has 0 N–H and O–H groups in total. The van der Waals surface area contributed by atoms with E-state index in [2.05, 4.69) is 52.3 Å². The van der Waals surface area contributed by atoms with Gasteiger partial charge < -0.3 is 9.80 Å². The molecule has 2 aromatic carbocycles. The fraction of sp³-hybridized carbons (Fsp3) is 0.222. The monoisotopic (exact) mass is 341 g/mol. The van der Waals surface area contributed by atoms with Gasteiger partial charge in [0, 0.05) is 5.69 Å². The van der Waals surface area contributed by atoms with E-state index in [0.717, 1.165) is 36.1 Å². The molecule has 0 radical (unpaired) electrons. The summed E-state index contributed by atoms with van der Waals surface area (Å²) in [4.78, 5) is 9.11. The van der Waals surface area contributed by atoms with Gasteiger partial charge in [-0.3, -0.25) is 0 Å². The predicted molar refractivity (Wildman–Crippen MR) is 98.3 cm³/mol. The molecule has 0 saturated heterocycles. The fourth-order valence-corrected chi connectivity index (χ4v) is 2.97. The Morgan fingerprint density at radius 3 is 2.33 bits per heavy atom. The van der Waals surface area contributed by atoms with Gasteiger partial charge in [-0.25, -0.2) is 9.67 Å². The van der Waals surface area contributed by atoms with Gasteiger partial charge in [-0.1, -0.05) is 30.3 Å². The van der Waals surface area contributed by atoms with E-state index < -0.39 is 0 Å². The molecule has 3 aromatic rings. The van der Waals surface area contributed by atoms with Crippen molar-refractivity contribution < 1.29 is 0 Å². The minimum absolute atomic E-state index is 0. The molecule has 24 heavy (non-hydrogen) atoms. The van der Waals surface area contributed by atoms with Gasteiger partial charge >= 0.3 is 0 Å². The Morgan fingerprint density at radius 1 is 0.958 bits per heavy atom. The molecule has 124 valence electrons. The zero-order valence-electron chi connectivity index (χ0n) is 13.8. The van der Waals surface area contributed by atoms with Crippen LogP contribution in [0.4, 0.5) is 11.4 Å². The summed E-state index contributed by atoms with van der Waals surface area (Å²) in [7, 11) is 4.06. The number of anilines is 2. The van der Waals surface area contributed by atoms with Crippen molar-refractivity contribution in [2.75, 3.05) is 19.0 Å². The van der Waals surface area contributed by atoms with Gasteiger partial charge in [0.1, 0.15) is 0 Å². The number of hydrogen-bond acceptors (Lipinski definition) is 4. The Kier molecular flexibility index (Phi) is 4.55. The zero-order chi connectivity index (χ0) is 15.8. The third-order valence-corrected chi connectivity index (χ3v) is 3.94. The summed E-state index contributed by atoms with van der Waals surface area (Å²) in [5.41, 5.74) is 3.41. The lowest BCUT2D eigenvalue weighted by molar-refractivity contribution is 0.390. The third-order valence-electron chi connectivity index (χ3n) is 3.94.